The summed E-state index contributed by atoms with van der Waals surface area (Å²) in [5.74, 6) is 1.18. The largest absolute Gasteiger partial charge is 0.493 e. The minimum Gasteiger partial charge on any atom is -0.493 e. The third kappa shape index (κ3) is 8.76. The molecule has 0 amide bonds. The molecule has 0 spiro atoms. The Hall–Kier alpha value is -2.70. The van der Waals surface area contributed by atoms with Gasteiger partial charge in [-0.15, -0.1) is 0 Å². The summed E-state index contributed by atoms with van der Waals surface area (Å²) in [4.78, 5) is 23.4. The zero-order valence-electron chi connectivity index (χ0n) is 18.3. The normalized spacial score (nSPS) is 10.0. The van der Waals surface area contributed by atoms with E-state index in [9.17, 15) is 9.59 Å². The third-order valence-electron chi connectivity index (χ3n) is 3.85. The van der Waals surface area contributed by atoms with Crippen LogP contribution in [0.3, 0.4) is 0 Å². The molecule has 6 nitrogen and oxygen atoms in total. The number of rotatable bonds is 12. The van der Waals surface area contributed by atoms with Gasteiger partial charge in [-0.2, -0.15) is 0 Å². The molecule has 0 atom stereocenters. The summed E-state index contributed by atoms with van der Waals surface area (Å²) in [5, 5.41) is 0. The van der Waals surface area contributed by atoms with Gasteiger partial charge in [0.25, 0.3) is 0 Å². The minimum absolute atomic E-state index is 0.0408. The quantitative estimate of drug-likeness (QED) is 0.471. The first kappa shape index (κ1) is 25.3. The van der Waals surface area contributed by atoms with Gasteiger partial charge in [-0.3, -0.25) is 9.59 Å². The topological polar surface area (TPSA) is 71.1 Å². The van der Waals surface area contributed by atoms with Crippen molar-refractivity contribution in [3.63, 3.8) is 0 Å². The third-order valence-corrected chi connectivity index (χ3v) is 3.85. The van der Waals surface area contributed by atoms with Crippen molar-refractivity contribution in [2.75, 3.05) is 39.6 Å². The Morgan fingerprint density at radius 1 is 0.600 bits per heavy atom. The average Bonchev–Trinajstić information content (AvgIpc) is 2.77. The monoisotopic (exact) mass is 416 g/mol. The van der Waals surface area contributed by atoms with E-state index in [1.165, 1.54) is 0 Å². The zero-order valence-corrected chi connectivity index (χ0v) is 18.3. The number of carbonyl (C=O) groups is 2. The van der Waals surface area contributed by atoms with Crippen molar-refractivity contribution in [3.05, 3.63) is 59.7 Å². The summed E-state index contributed by atoms with van der Waals surface area (Å²) in [7, 11) is 0. The zero-order chi connectivity index (χ0) is 22.2. The van der Waals surface area contributed by atoms with Crippen molar-refractivity contribution < 1.29 is 28.5 Å². The summed E-state index contributed by atoms with van der Waals surface area (Å²) in [6.45, 7) is 9.93. The highest BCUT2D eigenvalue weighted by molar-refractivity contribution is 6.00. The van der Waals surface area contributed by atoms with Gasteiger partial charge in [0.2, 0.25) is 0 Å². The molecule has 0 N–H and O–H groups in total. The highest BCUT2D eigenvalue weighted by Gasteiger charge is 2.12. The van der Waals surface area contributed by atoms with Crippen LogP contribution in [0.25, 0.3) is 0 Å². The molecule has 2 aromatic rings. The number of hydrogen-bond acceptors (Lipinski definition) is 6. The molecule has 30 heavy (non-hydrogen) atoms. The van der Waals surface area contributed by atoms with Crippen molar-refractivity contribution >= 4 is 11.6 Å². The summed E-state index contributed by atoms with van der Waals surface area (Å²) >= 11 is 0. The molecule has 6 heteroatoms. The Kier molecular flexibility index (Phi) is 12.8. The Morgan fingerprint density at radius 2 is 0.967 bits per heavy atom. The molecular formula is C24H32O6. The fourth-order valence-corrected chi connectivity index (χ4v) is 2.50. The lowest BCUT2D eigenvalue weighted by Gasteiger charge is -2.08. The predicted octanol–water partition coefficient (Wildman–Crippen LogP) is 4.61. The minimum atomic E-state index is -0.0408. The number of hydrogen-bond donors (Lipinski definition) is 0. The number of Topliss-reactive ketones (excluding diaryl/α,β-unsaturated/α-hetero) is 2. The van der Waals surface area contributed by atoms with Crippen LogP contribution in [0.1, 0.15) is 48.4 Å². The molecular weight excluding hydrogens is 384 g/mol. The molecule has 0 unspecified atom stereocenters. The molecule has 2 aromatic carbocycles. The van der Waals surface area contributed by atoms with Crippen molar-refractivity contribution in [1.29, 1.82) is 0 Å². The van der Waals surface area contributed by atoms with Crippen LogP contribution in [-0.4, -0.2) is 51.2 Å². The summed E-state index contributed by atoms with van der Waals surface area (Å²) in [6, 6.07) is 14.4. The van der Waals surface area contributed by atoms with Crippen LogP contribution in [0.4, 0.5) is 0 Å². The molecule has 0 saturated heterocycles. The van der Waals surface area contributed by atoms with Crippen molar-refractivity contribution in [3.8, 4) is 11.5 Å². The summed E-state index contributed by atoms with van der Waals surface area (Å²) in [6.07, 6.45) is 0. The van der Waals surface area contributed by atoms with Crippen LogP contribution in [0.15, 0.2) is 48.5 Å². The fourth-order valence-electron chi connectivity index (χ4n) is 2.50. The van der Waals surface area contributed by atoms with Gasteiger partial charge in [0.05, 0.1) is 24.3 Å². The second-order valence-corrected chi connectivity index (χ2v) is 5.98. The fraction of sp³-hybridized carbons (Fsp3) is 0.417. The van der Waals surface area contributed by atoms with E-state index in [1.807, 2.05) is 52.0 Å². The lowest BCUT2D eigenvalue weighted by Crippen LogP contribution is -2.10. The summed E-state index contributed by atoms with van der Waals surface area (Å²) < 4.78 is 20.9. The first-order valence-corrected chi connectivity index (χ1v) is 10.2. The van der Waals surface area contributed by atoms with Gasteiger partial charge in [-0.05, 0) is 52.0 Å². The number of para-hydroxylation sites is 2. The number of ether oxygens (including phenoxy) is 4. The van der Waals surface area contributed by atoms with E-state index in [4.69, 9.17) is 18.9 Å². The average molecular weight is 417 g/mol. The van der Waals surface area contributed by atoms with Gasteiger partial charge in [-0.25, -0.2) is 0 Å². The van der Waals surface area contributed by atoms with Crippen LogP contribution < -0.4 is 9.47 Å². The van der Waals surface area contributed by atoms with E-state index in [1.54, 1.807) is 24.3 Å². The predicted molar refractivity (Wildman–Crippen MR) is 117 cm³/mol. The number of ketones is 2. The maximum absolute atomic E-state index is 11.7. The van der Waals surface area contributed by atoms with Gasteiger partial charge in [0.1, 0.15) is 24.7 Å². The lowest BCUT2D eigenvalue weighted by atomic mass is 10.1. The second-order valence-electron chi connectivity index (χ2n) is 5.98. The molecule has 164 valence electrons. The van der Waals surface area contributed by atoms with E-state index in [-0.39, 0.29) is 24.8 Å². The molecule has 0 fully saturated rings. The Morgan fingerprint density at radius 3 is 1.30 bits per heavy atom. The molecule has 0 bridgehead atoms. The Balaban J connectivity index is 0.000000300. The van der Waals surface area contributed by atoms with E-state index in [2.05, 4.69) is 0 Å². The van der Waals surface area contributed by atoms with Crippen LogP contribution in [0.2, 0.25) is 0 Å². The molecule has 0 aromatic heterocycles. The molecule has 0 heterocycles. The highest BCUT2D eigenvalue weighted by atomic mass is 16.5. The maximum atomic E-state index is 11.7. The second kappa shape index (κ2) is 15.2. The summed E-state index contributed by atoms with van der Waals surface area (Å²) in [5.41, 5.74) is 1.18. The van der Waals surface area contributed by atoms with Crippen molar-refractivity contribution in [2.45, 2.75) is 27.7 Å². The lowest BCUT2D eigenvalue weighted by molar-refractivity contribution is 0.0775. The SMILES string of the molecule is CCOCC(=O)c1ccccc1OCC.CCOCC(=O)c1ccccc1OCC. The molecule has 0 aliphatic rings. The van der Waals surface area contributed by atoms with Gasteiger partial charge in [-0.1, -0.05) is 24.3 Å². The Bertz CT molecular complexity index is 706. The van der Waals surface area contributed by atoms with Crippen LogP contribution >= 0.6 is 0 Å². The van der Waals surface area contributed by atoms with Gasteiger partial charge in [0, 0.05) is 13.2 Å². The van der Waals surface area contributed by atoms with Crippen molar-refractivity contribution in [2.24, 2.45) is 0 Å². The van der Waals surface area contributed by atoms with Crippen LogP contribution in [0.5, 0.6) is 11.5 Å². The van der Waals surface area contributed by atoms with Gasteiger partial charge in [0.15, 0.2) is 11.6 Å². The van der Waals surface area contributed by atoms with E-state index in [0.29, 0.717) is 49.1 Å². The van der Waals surface area contributed by atoms with E-state index >= 15 is 0 Å². The molecule has 0 saturated carbocycles. The van der Waals surface area contributed by atoms with Crippen LogP contribution in [-0.2, 0) is 9.47 Å². The van der Waals surface area contributed by atoms with Crippen LogP contribution in [0, 0.1) is 0 Å². The van der Waals surface area contributed by atoms with Crippen molar-refractivity contribution in [1.82, 2.24) is 0 Å². The van der Waals surface area contributed by atoms with Gasteiger partial charge < -0.3 is 18.9 Å². The van der Waals surface area contributed by atoms with E-state index < -0.39 is 0 Å². The number of benzene rings is 2. The Labute approximate surface area is 179 Å². The molecule has 0 aliphatic heterocycles. The first-order valence-electron chi connectivity index (χ1n) is 10.2. The molecule has 0 radical (unpaired) electrons. The smallest absolute Gasteiger partial charge is 0.192 e. The van der Waals surface area contributed by atoms with E-state index in [0.717, 1.165) is 0 Å². The molecule has 0 aliphatic carbocycles. The standard InChI is InChI=1S/2C12H16O3/c2*1-3-14-9-11(13)10-7-5-6-8-12(10)15-4-2/h2*5-8H,3-4,9H2,1-2H3. The van der Waals surface area contributed by atoms with Gasteiger partial charge >= 0.3 is 0 Å². The molecule has 2 rings (SSSR count). The maximum Gasteiger partial charge on any atom is 0.192 e. The number of carbonyl (C=O) groups excluding carboxylic acids is 2. The highest BCUT2D eigenvalue weighted by Crippen LogP contribution is 2.19. The first-order chi connectivity index (χ1) is 14.6.